The van der Waals surface area contributed by atoms with Gasteiger partial charge in [-0.25, -0.2) is 0 Å². The number of hydrogen-bond acceptors (Lipinski definition) is 5. The largest absolute Gasteiger partial charge is 0.574 e. The van der Waals surface area contributed by atoms with Gasteiger partial charge in [-0.15, -0.1) is 13.2 Å². The standard InChI is InChI=1S/C7H5F3N2O5/c1-16-4-2-3(12(14)15)5(13)11-6(4)17-7(8,9)10/h2H,1H3,(H,11,13). The summed E-state index contributed by atoms with van der Waals surface area (Å²) in [5, 5.41) is 10.4. The van der Waals surface area contributed by atoms with Gasteiger partial charge < -0.3 is 9.47 Å². The maximum absolute atomic E-state index is 11.9. The van der Waals surface area contributed by atoms with Crippen LogP contribution in [0.2, 0.25) is 0 Å². The van der Waals surface area contributed by atoms with Crippen molar-refractivity contribution >= 4 is 5.69 Å². The topological polar surface area (TPSA) is 94.5 Å². The summed E-state index contributed by atoms with van der Waals surface area (Å²) in [4.78, 5) is 21.9. The first-order valence-corrected chi connectivity index (χ1v) is 3.96. The summed E-state index contributed by atoms with van der Waals surface area (Å²) in [5.41, 5.74) is -2.27. The highest BCUT2D eigenvalue weighted by atomic mass is 19.4. The van der Waals surface area contributed by atoms with Crippen molar-refractivity contribution in [2.24, 2.45) is 0 Å². The van der Waals surface area contributed by atoms with E-state index in [0.717, 1.165) is 7.11 Å². The molecular weight excluding hydrogens is 249 g/mol. The second-order valence-corrected chi connectivity index (χ2v) is 2.69. The molecule has 1 rings (SSSR count). The highest BCUT2D eigenvalue weighted by Gasteiger charge is 2.34. The monoisotopic (exact) mass is 254 g/mol. The minimum Gasteiger partial charge on any atom is -0.491 e. The summed E-state index contributed by atoms with van der Waals surface area (Å²) in [6.07, 6.45) is -5.05. The zero-order valence-corrected chi connectivity index (χ0v) is 8.20. The Bertz CT molecular complexity index is 495. The van der Waals surface area contributed by atoms with Gasteiger partial charge in [0.15, 0.2) is 5.75 Å². The van der Waals surface area contributed by atoms with Gasteiger partial charge >= 0.3 is 17.6 Å². The Balaban J connectivity index is 3.29. The summed E-state index contributed by atoms with van der Waals surface area (Å²) in [5.74, 6) is -1.65. The molecule has 0 aliphatic carbocycles. The first-order chi connectivity index (χ1) is 7.74. The molecule has 17 heavy (non-hydrogen) atoms. The van der Waals surface area contributed by atoms with E-state index >= 15 is 0 Å². The van der Waals surface area contributed by atoms with Crippen molar-refractivity contribution < 1.29 is 27.6 Å². The summed E-state index contributed by atoms with van der Waals surface area (Å²) in [6, 6.07) is 0.542. The van der Waals surface area contributed by atoms with Crippen molar-refractivity contribution in [1.82, 2.24) is 4.98 Å². The Morgan fingerprint density at radius 3 is 2.47 bits per heavy atom. The Morgan fingerprint density at radius 2 is 2.06 bits per heavy atom. The molecule has 1 aromatic rings. The molecule has 0 radical (unpaired) electrons. The number of nitrogens with one attached hydrogen (secondary N) is 1. The molecule has 0 aliphatic rings. The minimum absolute atomic E-state index is 0.542. The number of aromatic amines is 1. The third-order valence-corrected chi connectivity index (χ3v) is 1.59. The molecule has 0 spiro atoms. The molecule has 0 saturated carbocycles. The normalized spacial score (nSPS) is 11.1. The van der Waals surface area contributed by atoms with Gasteiger partial charge in [-0.3, -0.25) is 19.9 Å². The number of halogens is 3. The number of pyridine rings is 1. The van der Waals surface area contributed by atoms with E-state index in [0.29, 0.717) is 6.07 Å². The van der Waals surface area contributed by atoms with Crippen LogP contribution in [0.4, 0.5) is 18.9 Å². The van der Waals surface area contributed by atoms with E-state index in [2.05, 4.69) is 9.47 Å². The maximum atomic E-state index is 11.9. The summed E-state index contributed by atoms with van der Waals surface area (Å²) < 4.78 is 43.6. The van der Waals surface area contributed by atoms with Gasteiger partial charge in [0.25, 0.3) is 0 Å². The molecule has 0 unspecified atom stereocenters. The van der Waals surface area contributed by atoms with Gasteiger partial charge in [0.2, 0.25) is 5.88 Å². The molecule has 7 nitrogen and oxygen atoms in total. The average Bonchev–Trinajstić information content (AvgIpc) is 2.14. The van der Waals surface area contributed by atoms with Crippen LogP contribution in [0.3, 0.4) is 0 Å². The fraction of sp³-hybridized carbons (Fsp3) is 0.286. The predicted molar refractivity (Wildman–Crippen MR) is 47.0 cm³/mol. The van der Waals surface area contributed by atoms with Crippen LogP contribution in [0.5, 0.6) is 11.6 Å². The van der Waals surface area contributed by atoms with E-state index in [1.54, 1.807) is 4.98 Å². The fourth-order valence-corrected chi connectivity index (χ4v) is 0.963. The third-order valence-electron chi connectivity index (χ3n) is 1.59. The van der Waals surface area contributed by atoms with Gasteiger partial charge in [0.05, 0.1) is 18.1 Å². The number of nitro groups is 1. The molecule has 0 bridgehead atoms. The van der Waals surface area contributed by atoms with E-state index in [1.807, 2.05) is 0 Å². The molecule has 0 aliphatic heterocycles. The van der Waals surface area contributed by atoms with E-state index in [9.17, 15) is 28.1 Å². The highest BCUT2D eigenvalue weighted by molar-refractivity contribution is 5.42. The number of hydrogen-bond donors (Lipinski definition) is 1. The Hall–Kier alpha value is -2.26. The highest BCUT2D eigenvalue weighted by Crippen LogP contribution is 2.30. The number of nitrogens with zero attached hydrogens (tertiary/aromatic N) is 1. The third kappa shape index (κ3) is 3.09. The summed E-state index contributed by atoms with van der Waals surface area (Å²) in [6.45, 7) is 0. The zero-order valence-electron chi connectivity index (χ0n) is 8.20. The fourth-order valence-electron chi connectivity index (χ4n) is 0.963. The molecule has 0 amide bonds. The lowest BCUT2D eigenvalue weighted by Gasteiger charge is -2.11. The van der Waals surface area contributed by atoms with Crippen molar-refractivity contribution in [3.63, 3.8) is 0 Å². The number of H-pyrrole nitrogens is 1. The Morgan fingerprint density at radius 1 is 1.47 bits per heavy atom. The number of aromatic nitrogens is 1. The number of alkyl halides is 3. The first-order valence-electron chi connectivity index (χ1n) is 3.96. The SMILES string of the molecule is COc1cc([N+](=O)[O-])c(=O)[nH]c1OC(F)(F)F. The van der Waals surface area contributed by atoms with Gasteiger partial charge in [0.1, 0.15) is 0 Å². The molecule has 10 heteroatoms. The van der Waals surface area contributed by atoms with Crippen LogP contribution in [-0.2, 0) is 0 Å². The second kappa shape index (κ2) is 4.31. The average molecular weight is 254 g/mol. The molecule has 0 aromatic carbocycles. The number of methoxy groups -OCH3 is 1. The van der Waals surface area contributed by atoms with Crippen LogP contribution < -0.4 is 15.0 Å². The van der Waals surface area contributed by atoms with E-state index < -0.39 is 34.2 Å². The van der Waals surface area contributed by atoms with Crippen LogP contribution >= 0.6 is 0 Å². The second-order valence-electron chi connectivity index (χ2n) is 2.69. The zero-order chi connectivity index (χ0) is 13.2. The van der Waals surface area contributed by atoms with E-state index in [-0.39, 0.29) is 0 Å². The molecule has 1 heterocycles. The smallest absolute Gasteiger partial charge is 0.491 e. The molecular formula is C7H5F3N2O5. The van der Waals surface area contributed by atoms with Crippen LogP contribution in [0.15, 0.2) is 10.9 Å². The maximum Gasteiger partial charge on any atom is 0.574 e. The van der Waals surface area contributed by atoms with E-state index in [1.165, 1.54) is 0 Å². The van der Waals surface area contributed by atoms with Gasteiger partial charge in [-0.05, 0) is 0 Å². The van der Waals surface area contributed by atoms with Crippen LogP contribution in [0.1, 0.15) is 0 Å². The van der Waals surface area contributed by atoms with Crippen molar-refractivity contribution in [3.05, 3.63) is 26.5 Å². The van der Waals surface area contributed by atoms with Gasteiger partial charge in [0, 0.05) is 0 Å². The lowest BCUT2D eigenvalue weighted by Crippen LogP contribution is -2.21. The van der Waals surface area contributed by atoms with Gasteiger partial charge in [-0.1, -0.05) is 0 Å². The van der Waals surface area contributed by atoms with Crippen molar-refractivity contribution in [1.29, 1.82) is 0 Å². The van der Waals surface area contributed by atoms with Crippen molar-refractivity contribution in [3.8, 4) is 11.6 Å². The summed E-state index contributed by atoms with van der Waals surface area (Å²) in [7, 11) is 0.973. The first kappa shape index (κ1) is 12.8. The molecule has 0 atom stereocenters. The van der Waals surface area contributed by atoms with Crippen LogP contribution in [-0.4, -0.2) is 23.4 Å². The lowest BCUT2D eigenvalue weighted by atomic mass is 10.4. The lowest BCUT2D eigenvalue weighted by molar-refractivity contribution is -0.386. The Labute approximate surface area is 90.9 Å². The van der Waals surface area contributed by atoms with Crippen molar-refractivity contribution in [2.45, 2.75) is 6.36 Å². The quantitative estimate of drug-likeness (QED) is 0.645. The Kier molecular flexibility index (Phi) is 3.25. The van der Waals surface area contributed by atoms with Crippen LogP contribution in [0.25, 0.3) is 0 Å². The van der Waals surface area contributed by atoms with Crippen LogP contribution in [0, 0.1) is 10.1 Å². The van der Waals surface area contributed by atoms with Gasteiger partial charge in [-0.2, -0.15) is 0 Å². The summed E-state index contributed by atoms with van der Waals surface area (Å²) >= 11 is 0. The predicted octanol–water partition coefficient (Wildman–Crippen LogP) is 1.19. The van der Waals surface area contributed by atoms with E-state index in [4.69, 9.17) is 0 Å². The number of rotatable bonds is 3. The molecule has 0 saturated heterocycles. The number of ether oxygens (including phenoxy) is 2. The molecule has 0 fully saturated rings. The minimum atomic E-state index is -5.05. The molecule has 94 valence electrons. The van der Waals surface area contributed by atoms with Crippen molar-refractivity contribution in [2.75, 3.05) is 7.11 Å². The molecule has 1 aromatic heterocycles. The molecule has 1 N–H and O–H groups in total.